The highest BCUT2D eigenvalue weighted by molar-refractivity contribution is 5.92. The van der Waals surface area contributed by atoms with Crippen LogP contribution in [0.4, 0.5) is 5.69 Å². The summed E-state index contributed by atoms with van der Waals surface area (Å²) in [5, 5.41) is 2.86. The van der Waals surface area contributed by atoms with Crippen molar-refractivity contribution in [2.24, 2.45) is 5.92 Å². The monoisotopic (exact) mass is 320 g/mol. The molecule has 0 aromatic heterocycles. The number of benzene rings is 1. The van der Waals surface area contributed by atoms with Crippen molar-refractivity contribution in [3.63, 3.8) is 0 Å². The average Bonchev–Trinajstić information content (AvgIpc) is 2.46. The van der Waals surface area contributed by atoms with Crippen molar-refractivity contribution in [2.75, 3.05) is 25.5 Å². The molecule has 0 saturated carbocycles. The fourth-order valence-corrected chi connectivity index (χ4v) is 2.21. The van der Waals surface area contributed by atoms with Crippen molar-refractivity contribution < 1.29 is 14.3 Å². The summed E-state index contributed by atoms with van der Waals surface area (Å²) in [5.74, 6) is 1.05. The Morgan fingerprint density at radius 2 is 1.96 bits per heavy atom. The van der Waals surface area contributed by atoms with Gasteiger partial charge in [0, 0.05) is 26.4 Å². The van der Waals surface area contributed by atoms with Crippen LogP contribution >= 0.6 is 0 Å². The standard InChI is InChI=1S/C18H28N2O3/c1-13(2)8-10-20(15(4)21)11-9-18(22)19-16-12-14(3)6-7-17(16)23-5/h6-7,12-13H,8-11H2,1-5H3,(H,19,22). The third kappa shape index (κ3) is 6.72. The van der Waals surface area contributed by atoms with E-state index in [1.807, 2.05) is 25.1 Å². The molecule has 0 spiro atoms. The zero-order valence-electron chi connectivity index (χ0n) is 14.8. The number of rotatable bonds is 8. The van der Waals surface area contributed by atoms with Crippen molar-refractivity contribution in [2.45, 2.75) is 40.5 Å². The number of hydrogen-bond donors (Lipinski definition) is 1. The molecule has 5 nitrogen and oxygen atoms in total. The van der Waals surface area contributed by atoms with Crippen LogP contribution in [0.5, 0.6) is 5.75 Å². The van der Waals surface area contributed by atoms with E-state index >= 15 is 0 Å². The number of anilines is 1. The van der Waals surface area contributed by atoms with E-state index in [0.717, 1.165) is 12.0 Å². The van der Waals surface area contributed by atoms with Gasteiger partial charge < -0.3 is 15.0 Å². The predicted molar refractivity (Wildman–Crippen MR) is 92.7 cm³/mol. The summed E-state index contributed by atoms with van der Waals surface area (Å²) in [4.78, 5) is 25.5. The van der Waals surface area contributed by atoms with Crippen LogP contribution in [0.25, 0.3) is 0 Å². The molecule has 1 N–H and O–H groups in total. The van der Waals surface area contributed by atoms with Gasteiger partial charge in [0.1, 0.15) is 5.75 Å². The Morgan fingerprint density at radius 1 is 1.26 bits per heavy atom. The number of carbonyl (C=O) groups excluding carboxylic acids is 2. The van der Waals surface area contributed by atoms with Crippen LogP contribution in [0.15, 0.2) is 18.2 Å². The highest BCUT2D eigenvalue weighted by atomic mass is 16.5. The first-order valence-electron chi connectivity index (χ1n) is 8.03. The lowest BCUT2D eigenvalue weighted by Crippen LogP contribution is -2.33. The summed E-state index contributed by atoms with van der Waals surface area (Å²) in [5.41, 5.74) is 1.71. The molecule has 0 saturated heterocycles. The van der Waals surface area contributed by atoms with E-state index in [1.165, 1.54) is 0 Å². The number of ether oxygens (including phenoxy) is 1. The van der Waals surface area contributed by atoms with Crippen molar-refractivity contribution in [1.82, 2.24) is 4.90 Å². The van der Waals surface area contributed by atoms with Gasteiger partial charge in [0.05, 0.1) is 12.8 Å². The minimum absolute atomic E-state index is 0.00610. The zero-order valence-corrected chi connectivity index (χ0v) is 14.8. The molecule has 0 aliphatic rings. The minimum Gasteiger partial charge on any atom is -0.495 e. The second-order valence-corrected chi connectivity index (χ2v) is 6.19. The van der Waals surface area contributed by atoms with E-state index in [9.17, 15) is 9.59 Å². The van der Waals surface area contributed by atoms with Gasteiger partial charge in [-0.05, 0) is 37.0 Å². The normalized spacial score (nSPS) is 10.5. The zero-order chi connectivity index (χ0) is 17.4. The Balaban J connectivity index is 2.58. The number of carbonyl (C=O) groups is 2. The molecular weight excluding hydrogens is 292 g/mol. The van der Waals surface area contributed by atoms with Gasteiger partial charge in [-0.3, -0.25) is 9.59 Å². The SMILES string of the molecule is COc1ccc(C)cc1NC(=O)CCN(CCC(C)C)C(C)=O. The molecule has 0 unspecified atom stereocenters. The summed E-state index contributed by atoms with van der Waals surface area (Å²) in [6, 6.07) is 5.63. The number of nitrogens with one attached hydrogen (secondary N) is 1. The summed E-state index contributed by atoms with van der Waals surface area (Å²) < 4.78 is 5.25. The number of aryl methyl sites for hydroxylation is 1. The Kier molecular flexibility index (Phi) is 7.59. The molecule has 0 bridgehead atoms. The molecule has 5 heteroatoms. The average molecular weight is 320 g/mol. The van der Waals surface area contributed by atoms with Gasteiger partial charge in [-0.2, -0.15) is 0 Å². The number of amides is 2. The first-order chi connectivity index (χ1) is 10.8. The Bertz CT molecular complexity index is 541. The Hall–Kier alpha value is -2.04. The van der Waals surface area contributed by atoms with E-state index in [1.54, 1.807) is 18.9 Å². The van der Waals surface area contributed by atoms with Crippen LogP contribution in [0.3, 0.4) is 0 Å². The van der Waals surface area contributed by atoms with E-state index in [0.29, 0.717) is 30.4 Å². The first-order valence-corrected chi connectivity index (χ1v) is 8.03. The summed E-state index contributed by atoms with van der Waals surface area (Å²) in [7, 11) is 1.57. The van der Waals surface area contributed by atoms with E-state index in [4.69, 9.17) is 4.74 Å². The molecule has 23 heavy (non-hydrogen) atoms. The molecular formula is C18H28N2O3. The quantitative estimate of drug-likeness (QED) is 0.800. The fourth-order valence-electron chi connectivity index (χ4n) is 2.21. The van der Waals surface area contributed by atoms with Crippen LogP contribution in [0.1, 0.15) is 39.2 Å². The lowest BCUT2D eigenvalue weighted by atomic mass is 10.1. The van der Waals surface area contributed by atoms with Gasteiger partial charge in [-0.1, -0.05) is 19.9 Å². The minimum atomic E-state index is -0.121. The largest absolute Gasteiger partial charge is 0.495 e. The Morgan fingerprint density at radius 3 is 2.52 bits per heavy atom. The van der Waals surface area contributed by atoms with Crippen molar-refractivity contribution in [3.05, 3.63) is 23.8 Å². The van der Waals surface area contributed by atoms with Crippen molar-refractivity contribution >= 4 is 17.5 Å². The highest BCUT2D eigenvalue weighted by Crippen LogP contribution is 2.25. The second-order valence-electron chi connectivity index (χ2n) is 6.19. The molecule has 0 heterocycles. The molecule has 128 valence electrons. The fraction of sp³-hybridized carbons (Fsp3) is 0.556. The third-order valence-corrected chi connectivity index (χ3v) is 3.66. The molecule has 0 fully saturated rings. The molecule has 0 aliphatic heterocycles. The topological polar surface area (TPSA) is 58.6 Å². The molecule has 2 amide bonds. The number of methoxy groups -OCH3 is 1. The van der Waals surface area contributed by atoms with Crippen LogP contribution < -0.4 is 10.1 Å². The summed E-state index contributed by atoms with van der Waals surface area (Å²) >= 11 is 0. The van der Waals surface area contributed by atoms with Gasteiger partial charge in [0.2, 0.25) is 11.8 Å². The molecule has 1 aromatic carbocycles. The van der Waals surface area contributed by atoms with Crippen LogP contribution in [0.2, 0.25) is 0 Å². The van der Waals surface area contributed by atoms with Gasteiger partial charge in [0.15, 0.2) is 0 Å². The van der Waals surface area contributed by atoms with Crippen LogP contribution in [-0.4, -0.2) is 36.9 Å². The van der Waals surface area contributed by atoms with E-state index < -0.39 is 0 Å². The van der Waals surface area contributed by atoms with Gasteiger partial charge in [0.25, 0.3) is 0 Å². The Labute approximate surface area is 139 Å². The summed E-state index contributed by atoms with van der Waals surface area (Å²) in [6.45, 7) is 8.86. The maximum atomic E-state index is 12.2. The lowest BCUT2D eigenvalue weighted by molar-refractivity contribution is -0.129. The number of hydrogen-bond acceptors (Lipinski definition) is 3. The first kappa shape index (κ1) is 19.0. The lowest BCUT2D eigenvalue weighted by Gasteiger charge is -2.22. The maximum Gasteiger partial charge on any atom is 0.226 e. The second kappa shape index (κ2) is 9.18. The maximum absolute atomic E-state index is 12.2. The third-order valence-electron chi connectivity index (χ3n) is 3.66. The molecule has 0 atom stereocenters. The van der Waals surface area contributed by atoms with Gasteiger partial charge in [-0.25, -0.2) is 0 Å². The highest BCUT2D eigenvalue weighted by Gasteiger charge is 2.13. The molecule has 1 aromatic rings. The molecule has 1 rings (SSSR count). The van der Waals surface area contributed by atoms with Crippen LogP contribution in [0, 0.1) is 12.8 Å². The van der Waals surface area contributed by atoms with Crippen LogP contribution in [-0.2, 0) is 9.59 Å². The van der Waals surface area contributed by atoms with Crippen molar-refractivity contribution in [3.8, 4) is 5.75 Å². The predicted octanol–water partition coefficient (Wildman–Crippen LogP) is 3.23. The molecule has 0 aliphatic carbocycles. The van der Waals surface area contributed by atoms with E-state index in [2.05, 4.69) is 19.2 Å². The van der Waals surface area contributed by atoms with Crippen molar-refractivity contribution in [1.29, 1.82) is 0 Å². The molecule has 0 radical (unpaired) electrons. The summed E-state index contributed by atoms with van der Waals surface area (Å²) in [6.07, 6.45) is 1.21. The smallest absolute Gasteiger partial charge is 0.226 e. The van der Waals surface area contributed by atoms with Gasteiger partial charge >= 0.3 is 0 Å². The number of nitrogens with zero attached hydrogens (tertiary/aromatic N) is 1. The van der Waals surface area contributed by atoms with E-state index in [-0.39, 0.29) is 18.2 Å². The van der Waals surface area contributed by atoms with Gasteiger partial charge in [-0.15, -0.1) is 0 Å².